The van der Waals surface area contributed by atoms with Crippen LogP contribution in [0.1, 0.15) is 36.0 Å². The van der Waals surface area contributed by atoms with E-state index >= 15 is 0 Å². The lowest BCUT2D eigenvalue weighted by molar-refractivity contribution is -0.125. The normalized spacial score (nSPS) is 16.1. The maximum absolute atomic E-state index is 13.5. The molecule has 3 aromatic rings. The molecular formula is C26H20Cl3F2NO. The minimum absolute atomic E-state index is 0.127. The lowest BCUT2D eigenvalue weighted by atomic mass is 9.78. The van der Waals surface area contributed by atoms with E-state index in [0.717, 1.165) is 34.4 Å². The van der Waals surface area contributed by atoms with Crippen molar-refractivity contribution < 1.29 is 13.6 Å². The summed E-state index contributed by atoms with van der Waals surface area (Å²) in [5, 5.41) is 4.60. The summed E-state index contributed by atoms with van der Waals surface area (Å²) in [4.78, 5) is 12.9. The SMILES string of the molecule is O=C(NCc1ccc(F)c(F)c1)[C@H]1CCC(c2ccc(Cl)cc2Cl)=C(c2ccc(Cl)cc2)C1. The first-order chi connectivity index (χ1) is 15.8. The van der Waals surface area contributed by atoms with Gasteiger partial charge in [0.2, 0.25) is 5.91 Å². The Hall–Kier alpha value is -2.40. The Bertz CT molecular complexity index is 1220. The Labute approximate surface area is 206 Å². The van der Waals surface area contributed by atoms with E-state index in [1.54, 1.807) is 12.1 Å². The van der Waals surface area contributed by atoms with Crippen LogP contribution in [-0.2, 0) is 11.3 Å². The van der Waals surface area contributed by atoms with Crippen LogP contribution < -0.4 is 5.32 Å². The molecule has 0 bridgehead atoms. The summed E-state index contributed by atoms with van der Waals surface area (Å²) in [5.41, 5.74) is 4.46. The van der Waals surface area contributed by atoms with Gasteiger partial charge in [-0.1, -0.05) is 59.1 Å². The van der Waals surface area contributed by atoms with Crippen LogP contribution in [-0.4, -0.2) is 5.91 Å². The molecule has 0 spiro atoms. The molecule has 0 aliphatic heterocycles. The van der Waals surface area contributed by atoms with Crippen molar-refractivity contribution in [2.24, 2.45) is 5.92 Å². The van der Waals surface area contributed by atoms with Crippen molar-refractivity contribution in [1.29, 1.82) is 0 Å². The summed E-state index contributed by atoms with van der Waals surface area (Å²) in [5.74, 6) is -2.25. The summed E-state index contributed by atoms with van der Waals surface area (Å²) >= 11 is 18.7. The zero-order valence-electron chi connectivity index (χ0n) is 17.5. The van der Waals surface area contributed by atoms with Crippen molar-refractivity contribution in [3.05, 3.63) is 104 Å². The van der Waals surface area contributed by atoms with Crippen molar-refractivity contribution >= 4 is 51.9 Å². The molecule has 3 aromatic carbocycles. The van der Waals surface area contributed by atoms with E-state index in [9.17, 15) is 13.6 Å². The van der Waals surface area contributed by atoms with Crippen molar-refractivity contribution in [1.82, 2.24) is 5.32 Å². The van der Waals surface area contributed by atoms with Gasteiger partial charge in [-0.15, -0.1) is 0 Å². The van der Waals surface area contributed by atoms with Gasteiger partial charge in [0.15, 0.2) is 11.6 Å². The van der Waals surface area contributed by atoms with Crippen molar-refractivity contribution in [3.8, 4) is 0 Å². The summed E-state index contributed by atoms with van der Waals surface area (Å²) < 4.78 is 26.6. The predicted octanol–water partition coefficient (Wildman–Crippen LogP) is 7.95. The molecule has 0 heterocycles. The third-order valence-corrected chi connectivity index (χ3v) is 6.63. The summed E-state index contributed by atoms with van der Waals surface area (Å²) in [6.45, 7) is 0.127. The molecule has 33 heavy (non-hydrogen) atoms. The lowest BCUT2D eigenvalue weighted by Gasteiger charge is -2.28. The molecule has 0 aromatic heterocycles. The summed E-state index contributed by atoms with van der Waals surface area (Å²) in [6, 6.07) is 16.5. The van der Waals surface area contributed by atoms with Crippen LogP contribution in [0.2, 0.25) is 15.1 Å². The van der Waals surface area contributed by atoms with E-state index in [0.29, 0.717) is 39.9 Å². The number of carbonyl (C=O) groups excluding carboxylic acids is 1. The largest absolute Gasteiger partial charge is 0.352 e. The van der Waals surface area contributed by atoms with E-state index in [-0.39, 0.29) is 18.4 Å². The number of rotatable bonds is 5. The van der Waals surface area contributed by atoms with Crippen molar-refractivity contribution in [3.63, 3.8) is 0 Å². The molecule has 170 valence electrons. The van der Waals surface area contributed by atoms with Gasteiger partial charge in [-0.25, -0.2) is 8.78 Å². The highest BCUT2D eigenvalue weighted by Gasteiger charge is 2.28. The van der Waals surface area contributed by atoms with Gasteiger partial charge >= 0.3 is 0 Å². The zero-order chi connectivity index (χ0) is 23.5. The maximum Gasteiger partial charge on any atom is 0.223 e. The first-order valence-electron chi connectivity index (χ1n) is 10.5. The second-order valence-corrected chi connectivity index (χ2v) is 9.27. The van der Waals surface area contributed by atoms with E-state index < -0.39 is 11.6 Å². The van der Waals surface area contributed by atoms with Gasteiger partial charge in [0.25, 0.3) is 0 Å². The molecule has 1 aliphatic carbocycles. The molecule has 4 rings (SSSR count). The second kappa shape index (κ2) is 10.3. The molecule has 1 N–H and O–H groups in total. The molecule has 0 radical (unpaired) electrons. The fourth-order valence-corrected chi connectivity index (χ4v) is 4.77. The monoisotopic (exact) mass is 505 g/mol. The Balaban J connectivity index is 1.59. The Morgan fingerprint density at radius 3 is 2.30 bits per heavy atom. The molecule has 0 fully saturated rings. The number of benzene rings is 3. The fourth-order valence-electron chi connectivity index (χ4n) is 4.12. The average molecular weight is 507 g/mol. The quantitative estimate of drug-likeness (QED) is 0.374. The minimum Gasteiger partial charge on any atom is -0.352 e. The topological polar surface area (TPSA) is 29.1 Å². The Morgan fingerprint density at radius 2 is 1.61 bits per heavy atom. The van der Waals surface area contributed by atoms with E-state index in [2.05, 4.69) is 5.32 Å². The van der Waals surface area contributed by atoms with Crippen LogP contribution in [0.3, 0.4) is 0 Å². The molecule has 0 unspecified atom stereocenters. The summed E-state index contributed by atoms with van der Waals surface area (Å²) in [7, 11) is 0. The highest BCUT2D eigenvalue weighted by Crippen LogP contribution is 2.43. The first-order valence-corrected chi connectivity index (χ1v) is 11.6. The van der Waals surface area contributed by atoms with Gasteiger partial charge in [0.1, 0.15) is 0 Å². The highest BCUT2D eigenvalue weighted by molar-refractivity contribution is 6.36. The van der Waals surface area contributed by atoms with E-state index in [1.165, 1.54) is 6.07 Å². The third kappa shape index (κ3) is 5.57. The molecule has 1 atom stereocenters. The number of carbonyl (C=O) groups is 1. The lowest BCUT2D eigenvalue weighted by Crippen LogP contribution is -2.32. The van der Waals surface area contributed by atoms with Gasteiger partial charge in [0.05, 0.1) is 0 Å². The van der Waals surface area contributed by atoms with Crippen molar-refractivity contribution in [2.45, 2.75) is 25.8 Å². The fraction of sp³-hybridized carbons (Fsp3) is 0.192. The third-order valence-electron chi connectivity index (χ3n) is 5.83. The zero-order valence-corrected chi connectivity index (χ0v) is 19.7. The summed E-state index contributed by atoms with van der Waals surface area (Å²) in [6.07, 6.45) is 1.80. The molecule has 0 saturated heterocycles. The maximum atomic E-state index is 13.5. The number of halogens is 5. The molecular weight excluding hydrogens is 487 g/mol. The van der Waals surface area contributed by atoms with Crippen molar-refractivity contribution in [2.75, 3.05) is 0 Å². The number of amides is 1. The Kier molecular flexibility index (Phi) is 7.38. The standard InChI is InChI=1S/C26H20Cl3F2NO/c27-18-5-2-16(3-6-18)22-12-17(4-8-20(22)21-9-7-19(28)13-23(21)29)26(33)32-14-15-1-10-24(30)25(31)11-15/h1-3,5-7,9-11,13,17H,4,8,12,14H2,(H,32,33)/t17-/m0/s1. The van der Waals surface area contributed by atoms with Crippen LogP contribution in [0.4, 0.5) is 8.78 Å². The van der Waals surface area contributed by atoms with Crippen LogP contribution in [0.15, 0.2) is 60.7 Å². The first kappa shape index (κ1) is 23.7. The van der Waals surface area contributed by atoms with Gasteiger partial charge in [0, 0.05) is 27.5 Å². The molecule has 2 nitrogen and oxygen atoms in total. The van der Waals surface area contributed by atoms with Crippen LogP contribution in [0.5, 0.6) is 0 Å². The second-order valence-electron chi connectivity index (χ2n) is 7.99. The molecule has 1 aliphatic rings. The smallest absolute Gasteiger partial charge is 0.223 e. The van der Waals surface area contributed by atoms with E-state index in [4.69, 9.17) is 34.8 Å². The number of nitrogens with one attached hydrogen (secondary N) is 1. The van der Waals surface area contributed by atoms with Crippen LogP contribution in [0.25, 0.3) is 11.1 Å². The predicted molar refractivity (Wildman–Crippen MR) is 130 cm³/mol. The molecule has 0 saturated carbocycles. The van der Waals surface area contributed by atoms with E-state index in [1.807, 2.05) is 30.3 Å². The van der Waals surface area contributed by atoms with Crippen LogP contribution in [0, 0.1) is 17.6 Å². The average Bonchev–Trinajstić information content (AvgIpc) is 2.80. The molecule has 7 heteroatoms. The van der Waals surface area contributed by atoms with Gasteiger partial charge in [-0.05, 0) is 83.5 Å². The van der Waals surface area contributed by atoms with Crippen LogP contribution >= 0.6 is 34.8 Å². The highest BCUT2D eigenvalue weighted by atomic mass is 35.5. The number of hydrogen-bond donors (Lipinski definition) is 1. The van der Waals surface area contributed by atoms with Gasteiger partial charge in [-0.3, -0.25) is 4.79 Å². The molecule has 1 amide bonds. The van der Waals surface area contributed by atoms with Gasteiger partial charge < -0.3 is 5.32 Å². The number of allylic oxidation sites excluding steroid dienone is 2. The van der Waals surface area contributed by atoms with Gasteiger partial charge in [-0.2, -0.15) is 0 Å². The Morgan fingerprint density at radius 1 is 0.879 bits per heavy atom. The minimum atomic E-state index is -0.933. The number of hydrogen-bond acceptors (Lipinski definition) is 1.